The van der Waals surface area contributed by atoms with Gasteiger partial charge >= 0.3 is 0 Å². The molecule has 3 rings (SSSR count). The topological polar surface area (TPSA) is 64.3 Å². The Kier molecular flexibility index (Phi) is 4.07. The summed E-state index contributed by atoms with van der Waals surface area (Å²) in [5, 5.41) is 3.55. The zero-order chi connectivity index (χ0) is 15.7. The van der Waals surface area contributed by atoms with Gasteiger partial charge in [0.25, 0.3) is 5.91 Å². The number of hydrogen-bond acceptors (Lipinski definition) is 4. The summed E-state index contributed by atoms with van der Waals surface area (Å²) in [5.74, 6) is 1.25. The van der Waals surface area contributed by atoms with Gasteiger partial charge in [0.15, 0.2) is 0 Å². The molecule has 1 heterocycles. The number of rotatable bonds is 3. The zero-order valence-corrected chi connectivity index (χ0v) is 13.6. The molecule has 1 aromatic carbocycles. The van der Waals surface area contributed by atoms with E-state index in [0.29, 0.717) is 27.9 Å². The maximum atomic E-state index is 12.6. The van der Waals surface area contributed by atoms with Crippen LogP contribution in [0.5, 0.6) is 5.75 Å². The Bertz CT molecular complexity index is 709. The summed E-state index contributed by atoms with van der Waals surface area (Å²) in [4.78, 5) is 13.9. The summed E-state index contributed by atoms with van der Waals surface area (Å²) in [6.07, 6.45) is 3.07. The van der Waals surface area contributed by atoms with Gasteiger partial charge < -0.3 is 15.8 Å². The van der Waals surface area contributed by atoms with Crippen molar-refractivity contribution < 1.29 is 9.53 Å². The van der Waals surface area contributed by atoms with Gasteiger partial charge in [-0.25, -0.2) is 0 Å². The number of fused-ring (bicyclic) bond motifs is 1. The molecule has 116 valence electrons. The summed E-state index contributed by atoms with van der Waals surface area (Å²) in [6.45, 7) is 2.24. The van der Waals surface area contributed by atoms with E-state index < -0.39 is 0 Å². The largest absolute Gasteiger partial charge is 0.497 e. The van der Waals surface area contributed by atoms with Crippen molar-refractivity contribution in [3.05, 3.63) is 40.3 Å². The molecule has 0 fully saturated rings. The number of carbonyl (C=O) groups is 1. The van der Waals surface area contributed by atoms with Crippen LogP contribution in [0, 0.1) is 5.92 Å². The molecule has 2 aromatic rings. The Labute approximate surface area is 134 Å². The number of nitrogens with two attached hydrogens (primary N) is 1. The second kappa shape index (κ2) is 6.01. The van der Waals surface area contributed by atoms with Crippen LogP contribution in [0.2, 0.25) is 0 Å². The van der Waals surface area contributed by atoms with Gasteiger partial charge in [0.1, 0.15) is 5.75 Å². The first kappa shape index (κ1) is 14.9. The summed E-state index contributed by atoms with van der Waals surface area (Å²) in [5.41, 5.74) is 8.63. The van der Waals surface area contributed by atoms with Crippen LogP contribution in [0.4, 0.5) is 10.7 Å². The van der Waals surface area contributed by atoms with Gasteiger partial charge in [-0.3, -0.25) is 4.79 Å². The highest BCUT2D eigenvalue weighted by Gasteiger charge is 2.26. The van der Waals surface area contributed by atoms with E-state index in [4.69, 9.17) is 10.5 Å². The van der Waals surface area contributed by atoms with Crippen molar-refractivity contribution in [3.63, 3.8) is 0 Å². The van der Waals surface area contributed by atoms with Crippen LogP contribution in [0.25, 0.3) is 0 Å². The fourth-order valence-corrected chi connectivity index (χ4v) is 4.19. The van der Waals surface area contributed by atoms with Crippen LogP contribution < -0.4 is 15.8 Å². The Morgan fingerprint density at radius 1 is 1.45 bits per heavy atom. The van der Waals surface area contributed by atoms with Crippen LogP contribution in [0.15, 0.2) is 24.3 Å². The standard InChI is InChI=1S/C17H20N2O2S/c1-10-6-7-13-14(8-10)22-16(18)15(13)17(20)19-11-4-3-5-12(9-11)21-2/h3-5,9-10H,6-8,18H2,1-2H3,(H,19,20)/t10-/m0/s1. The second-order valence-corrected chi connectivity index (χ2v) is 6.91. The summed E-state index contributed by atoms with van der Waals surface area (Å²) in [7, 11) is 1.61. The minimum absolute atomic E-state index is 0.127. The van der Waals surface area contributed by atoms with Crippen molar-refractivity contribution in [2.24, 2.45) is 5.92 Å². The lowest BCUT2D eigenvalue weighted by Crippen LogP contribution is -2.17. The normalized spacial score (nSPS) is 16.9. The first-order valence-electron chi connectivity index (χ1n) is 7.44. The monoisotopic (exact) mass is 316 g/mol. The van der Waals surface area contributed by atoms with Gasteiger partial charge in [-0.15, -0.1) is 11.3 Å². The molecule has 1 aliphatic carbocycles. The molecule has 4 nitrogen and oxygen atoms in total. The maximum absolute atomic E-state index is 12.6. The van der Waals surface area contributed by atoms with Crippen molar-refractivity contribution >= 4 is 27.9 Å². The molecular formula is C17H20N2O2S. The maximum Gasteiger partial charge on any atom is 0.258 e. The van der Waals surface area contributed by atoms with Crippen LogP contribution in [0.1, 0.15) is 34.1 Å². The van der Waals surface area contributed by atoms with E-state index >= 15 is 0 Å². The van der Waals surface area contributed by atoms with Crippen LogP contribution in [-0.4, -0.2) is 13.0 Å². The first-order chi connectivity index (χ1) is 10.6. The molecule has 22 heavy (non-hydrogen) atoms. The molecule has 0 radical (unpaired) electrons. The predicted octanol–water partition coefficient (Wildman–Crippen LogP) is 3.72. The molecule has 3 N–H and O–H groups in total. The summed E-state index contributed by atoms with van der Waals surface area (Å²) < 4.78 is 5.18. The number of amides is 1. The molecule has 0 bridgehead atoms. The minimum Gasteiger partial charge on any atom is -0.497 e. The number of methoxy groups -OCH3 is 1. The van der Waals surface area contributed by atoms with E-state index in [9.17, 15) is 4.79 Å². The summed E-state index contributed by atoms with van der Waals surface area (Å²) in [6, 6.07) is 7.34. The molecule has 0 saturated carbocycles. The summed E-state index contributed by atoms with van der Waals surface area (Å²) >= 11 is 1.56. The van der Waals surface area contributed by atoms with Gasteiger partial charge in [-0.2, -0.15) is 0 Å². The predicted molar refractivity (Wildman–Crippen MR) is 90.9 cm³/mol. The SMILES string of the molecule is COc1cccc(NC(=O)c2c(N)sc3c2CC[C@H](C)C3)c1. The number of nitrogen functional groups attached to an aromatic ring is 1. The molecule has 1 amide bonds. The Morgan fingerprint density at radius 3 is 3.05 bits per heavy atom. The third-order valence-corrected chi connectivity index (χ3v) is 5.18. The van der Waals surface area contributed by atoms with E-state index in [1.165, 1.54) is 4.88 Å². The van der Waals surface area contributed by atoms with Gasteiger partial charge in [-0.05, 0) is 42.9 Å². The highest BCUT2D eigenvalue weighted by atomic mass is 32.1. The Balaban J connectivity index is 1.86. The van der Waals surface area contributed by atoms with Crippen molar-refractivity contribution in [1.82, 2.24) is 0 Å². The van der Waals surface area contributed by atoms with Crippen LogP contribution in [-0.2, 0) is 12.8 Å². The van der Waals surface area contributed by atoms with Crippen LogP contribution >= 0.6 is 11.3 Å². The number of benzene rings is 1. The van der Waals surface area contributed by atoms with E-state index in [0.717, 1.165) is 24.8 Å². The van der Waals surface area contributed by atoms with Crippen molar-refractivity contribution in [3.8, 4) is 5.75 Å². The van der Waals surface area contributed by atoms with Crippen molar-refractivity contribution in [2.75, 3.05) is 18.2 Å². The van der Waals surface area contributed by atoms with E-state index in [1.54, 1.807) is 24.5 Å². The van der Waals surface area contributed by atoms with Crippen molar-refractivity contribution in [1.29, 1.82) is 0 Å². The lowest BCUT2D eigenvalue weighted by molar-refractivity contribution is 0.102. The molecular weight excluding hydrogens is 296 g/mol. The molecule has 1 aliphatic rings. The molecule has 0 aliphatic heterocycles. The molecule has 0 spiro atoms. The lowest BCUT2D eigenvalue weighted by atomic mass is 9.88. The van der Waals surface area contributed by atoms with Gasteiger partial charge in [0.05, 0.1) is 17.7 Å². The van der Waals surface area contributed by atoms with Gasteiger partial charge in [0.2, 0.25) is 0 Å². The smallest absolute Gasteiger partial charge is 0.258 e. The zero-order valence-electron chi connectivity index (χ0n) is 12.8. The quantitative estimate of drug-likeness (QED) is 0.907. The Hall–Kier alpha value is -2.01. The number of ether oxygens (including phenoxy) is 1. The fraction of sp³-hybridized carbons (Fsp3) is 0.353. The minimum atomic E-state index is -0.127. The molecule has 1 atom stereocenters. The molecule has 1 aromatic heterocycles. The third kappa shape index (κ3) is 2.81. The van der Waals surface area contributed by atoms with Gasteiger partial charge in [-0.1, -0.05) is 13.0 Å². The lowest BCUT2D eigenvalue weighted by Gasteiger charge is -2.18. The van der Waals surface area contributed by atoms with E-state index in [1.807, 2.05) is 18.2 Å². The Morgan fingerprint density at radius 2 is 2.27 bits per heavy atom. The average Bonchev–Trinajstić information content (AvgIpc) is 2.82. The highest BCUT2D eigenvalue weighted by molar-refractivity contribution is 7.16. The van der Waals surface area contributed by atoms with Crippen molar-refractivity contribution in [2.45, 2.75) is 26.2 Å². The first-order valence-corrected chi connectivity index (χ1v) is 8.25. The van der Waals surface area contributed by atoms with Gasteiger partial charge in [0, 0.05) is 16.6 Å². The number of nitrogens with one attached hydrogen (secondary N) is 1. The third-order valence-electron chi connectivity index (χ3n) is 4.09. The molecule has 0 unspecified atom stereocenters. The number of hydrogen-bond donors (Lipinski definition) is 2. The van der Waals surface area contributed by atoms with E-state index in [2.05, 4.69) is 12.2 Å². The average molecular weight is 316 g/mol. The van der Waals surface area contributed by atoms with E-state index in [-0.39, 0.29) is 5.91 Å². The molecule has 5 heteroatoms. The second-order valence-electron chi connectivity index (χ2n) is 5.78. The number of anilines is 2. The number of thiophene rings is 1. The number of carbonyl (C=O) groups excluding carboxylic acids is 1. The fourth-order valence-electron chi connectivity index (χ4n) is 2.92. The molecule has 0 saturated heterocycles. The van der Waals surface area contributed by atoms with Crippen LogP contribution in [0.3, 0.4) is 0 Å². The highest BCUT2D eigenvalue weighted by Crippen LogP contribution is 2.38.